The first-order chi connectivity index (χ1) is 15.9. The van der Waals surface area contributed by atoms with E-state index >= 15 is 0 Å². The Labute approximate surface area is 197 Å². The van der Waals surface area contributed by atoms with Crippen LogP contribution in [-0.2, 0) is 9.59 Å². The molecule has 5 fully saturated rings. The van der Waals surface area contributed by atoms with Crippen LogP contribution in [0.1, 0.15) is 32.1 Å². The number of benzene rings is 1. The van der Waals surface area contributed by atoms with Gasteiger partial charge < -0.3 is 20.7 Å². The quantitative estimate of drug-likeness (QED) is 0.386. The molecule has 5 N–H and O–H groups in total. The molecule has 2 bridgehead atoms. The SMILES string of the molecule is O=C(COc1ccc(Cl)c(F)c1)NC12CC(C1)C(NC(=O)C1CC(N3CNCN3)CCN1)C2. The summed E-state index contributed by atoms with van der Waals surface area (Å²) < 4.78 is 18.9. The number of hydrogen-bond donors (Lipinski definition) is 5. The summed E-state index contributed by atoms with van der Waals surface area (Å²) in [4.78, 5) is 25.4. The molecular formula is C22H30ClFN6O3. The van der Waals surface area contributed by atoms with Crippen molar-refractivity contribution in [2.45, 2.75) is 55.8 Å². The number of rotatable bonds is 7. The summed E-state index contributed by atoms with van der Waals surface area (Å²) in [7, 11) is 0. The molecule has 3 saturated carbocycles. The van der Waals surface area contributed by atoms with E-state index in [2.05, 4.69) is 31.7 Å². The Bertz CT molecular complexity index is 908. The van der Waals surface area contributed by atoms with Crippen LogP contribution in [0.25, 0.3) is 0 Å². The number of halogens is 2. The maximum Gasteiger partial charge on any atom is 0.258 e. The highest BCUT2D eigenvalue weighted by atomic mass is 35.5. The number of hydrazine groups is 1. The van der Waals surface area contributed by atoms with Crippen LogP contribution in [0.4, 0.5) is 4.39 Å². The van der Waals surface area contributed by atoms with E-state index in [1.165, 1.54) is 12.1 Å². The van der Waals surface area contributed by atoms with Crippen LogP contribution in [0.5, 0.6) is 5.75 Å². The van der Waals surface area contributed by atoms with E-state index < -0.39 is 5.82 Å². The number of fused-ring (bicyclic) bond motifs is 1. The number of nitrogens with zero attached hydrogens (tertiary/aromatic N) is 1. The Morgan fingerprint density at radius 1 is 1.30 bits per heavy atom. The van der Waals surface area contributed by atoms with Crippen molar-refractivity contribution in [3.8, 4) is 5.75 Å². The molecule has 1 aromatic carbocycles. The fourth-order valence-corrected chi connectivity index (χ4v) is 5.78. The van der Waals surface area contributed by atoms with Gasteiger partial charge in [-0.1, -0.05) is 11.6 Å². The maximum absolute atomic E-state index is 13.5. The monoisotopic (exact) mass is 480 g/mol. The highest BCUT2D eigenvalue weighted by molar-refractivity contribution is 6.30. The molecule has 2 amide bonds. The first kappa shape index (κ1) is 22.8. The average Bonchev–Trinajstić information content (AvgIpc) is 3.50. The molecule has 33 heavy (non-hydrogen) atoms. The molecular weight excluding hydrogens is 451 g/mol. The van der Waals surface area contributed by atoms with E-state index in [1.54, 1.807) is 0 Å². The fourth-order valence-electron chi connectivity index (χ4n) is 5.66. The van der Waals surface area contributed by atoms with Crippen LogP contribution in [0.15, 0.2) is 18.2 Å². The van der Waals surface area contributed by atoms with Crippen LogP contribution >= 0.6 is 11.6 Å². The molecule has 3 unspecified atom stereocenters. The second kappa shape index (κ2) is 9.34. The molecule has 0 aromatic heterocycles. The van der Waals surface area contributed by atoms with Crippen molar-refractivity contribution < 1.29 is 18.7 Å². The molecule has 2 aliphatic heterocycles. The third-order valence-electron chi connectivity index (χ3n) is 7.30. The van der Waals surface area contributed by atoms with Gasteiger partial charge in [0.2, 0.25) is 5.91 Å². The molecule has 0 radical (unpaired) electrons. The zero-order chi connectivity index (χ0) is 23.0. The number of piperidine rings is 1. The standard InChI is InChI=1S/C22H30ClFN6O3/c23-16-2-1-15(6-17(16)24)33-10-20(31)29-22-7-13(8-22)19(9-22)28-21(32)18-5-14(3-4-26-18)30-12-25-11-27-30/h1-2,6,13-14,18-19,25-27H,3-5,7-12H2,(H,28,32)(H,29,31). The second-order valence-electron chi connectivity index (χ2n) is 9.58. The molecule has 180 valence electrons. The van der Waals surface area contributed by atoms with Crippen molar-refractivity contribution >= 4 is 23.4 Å². The third-order valence-corrected chi connectivity index (χ3v) is 7.61. The third kappa shape index (κ3) is 4.95. The van der Waals surface area contributed by atoms with Crippen LogP contribution in [0, 0.1) is 11.7 Å². The lowest BCUT2D eigenvalue weighted by Crippen LogP contribution is -2.56. The number of ether oxygens (including phenoxy) is 1. The maximum atomic E-state index is 13.5. The second-order valence-corrected chi connectivity index (χ2v) is 9.99. The van der Waals surface area contributed by atoms with Crippen LogP contribution in [-0.4, -0.2) is 67.0 Å². The van der Waals surface area contributed by atoms with Crippen molar-refractivity contribution in [2.75, 3.05) is 26.5 Å². The van der Waals surface area contributed by atoms with Crippen LogP contribution in [0.2, 0.25) is 5.02 Å². The number of carbonyl (C=O) groups is 2. The zero-order valence-corrected chi connectivity index (χ0v) is 19.1. The van der Waals surface area contributed by atoms with E-state index in [4.69, 9.17) is 16.3 Å². The van der Waals surface area contributed by atoms with E-state index in [1.807, 2.05) is 0 Å². The van der Waals surface area contributed by atoms with Crippen LogP contribution in [0.3, 0.4) is 0 Å². The van der Waals surface area contributed by atoms with Gasteiger partial charge in [0.15, 0.2) is 6.61 Å². The Balaban J connectivity index is 1.08. The number of carbonyl (C=O) groups excluding carboxylic acids is 2. The predicted octanol–water partition coefficient (Wildman–Crippen LogP) is 0.457. The summed E-state index contributed by atoms with van der Waals surface area (Å²) in [5.74, 6) is -0.162. The Morgan fingerprint density at radius 2 is 2.15 bits per heavy atom. The molecule has 0 spiro atoms. The number of amides is 2. The van der Waals surface area contributed by atoms with E-state index in [-0.39, 0.29) is 46.8 Å². The molecule has 3 atom stereocenters. The molecule has 2 saturated heterocycles. The average molecular weight is 481 g/mol. The summed E-state index contributed by atoms with van der Waals surface area (Å²) in [6.45, 7) is 2.17. The van der Waals surface area contributed by atoms with Gasteiger partial charge in [0.25, 0.3) is 5.91 Å². The Morgan fingerprint density at radius 3 is 2.91 bits per heavy atom. The largest absolute Gasteiger partial charge is 0.484 e. The van der Waals surface area contributed by atoms with E-state index in [9.17, 15) is 14.0 Å². The van der Waals surface area contributed by atoms with Gasteiger partial charge in [-0.05, 0) is 56.7 Å². The predicted molar refractivity (Wildman–Crippen MR) is 120 cm³/mol. The molecule has 5 aliphatic rings. The van der Waals surface area contributed by atoms with Gasteiger partial charge >= 0.3 is 0 Å². The minimum Gasteiger partial charge on any atom is -0.484 e. The molecule has 6 rings (SSSR count). The lowest BCUT2D eigenvalue weighted by atomic mass is 9.76. The van der Waals surface area contributed by atoms with Gasteiger partial charge in [0, 0.05) is 23.7 Å². The summed E-state index contributed by atoms with van der Waals surface area (Å²) >= 11 is 5.67. The van der Waals surface area contributed by atoms with Gasteiger partial charge in [0.1, 0.15) is 11.6 Å². The molecule has 9 nitrogen and oxygen atoms in total. The summed E-state index contributed by atoms with van der Waals surface area (Å²) in [5.41, 5.74) is 3.02. The first-order valence-electron chi connectivity index (χ1n) is 11.5. The Kier molecular flexibility index (Phi) is 6.45. The minimum atomic E-state index is -0.587. The molecule has 1 aromatic rings. The lowest BCUT2D eigenvalue weighted by Gasteiger charge is -2.39. The van der Waals surface area contributed by atoms with Crippen molar-refractivity contribution in [1.82, 2.24) is 31.7 Å². The van der Waals surface area contributed by atoms with Crippen molar-refractivity contribution in [1.29, 1.82) is 0 Å². The van der Waals surface area contributed by atoms with Gasteiger partial charge in [-0.15, -0.1) is 0 Å². The molecule has 11 heteroatoms. The lowest BCUT2D eigenvalue weighted by molar-refractivity contribution is -0.126. The minimum absolute atomic E-state index is 0.00825. The van der Waals surface area contributed by atoms with Gasteiger partial charge in [0.05, 0.1) is 24.4 Å². The summed E-state index contributed by atoms with van der Waals surface area (Å²) in [5, 5.41) is 15.1. The normalized spacial score (nSPS) is 33.4. The first-order valence-corrected chi connectivity index (χ1v) is 11.9. The zero-order valence-electron chi connectivity index (χ0n) is 18.3. The summed E-state index contributed by atoms with van der Waals surface area (Å²) in [6.07, 6.45) is 4.19. The van der Waals surface area contributed by atoms with Crippen molar-refractivity contribution in [3.63, 3.8) is 0 Å². The molecule has 2 heterocycles. The highest BCUT2D eigenvalue weighted by Crippen LogP contribution is 2.52. The summed E-state index contributed by atoms with van der Waals surface area (Å²) in [6, 6.07) is 4.27. The van der Waals surface area contributed by atoms with Gasteiger partial charge in [-0.25, -0.2) is 14.8 Å². The van der Waals surface area contributed by atoms with E-state index in [0.29, 0.717) is 12.0 Å². The van der Waals surface area contributed by atoms with E-state index in [0.717, 1.165) is 58.1 Å². The highest BCUT2D eigenvalue weighted by Gasteiger charge is 2.57. The van der Waals surface area contributed by atoms with Crippen LogP contribution < -0.4 is 31.4 Å². The topological polar surface area (TPSA) is 107 Å². The van der Waals surface area contributed by atoms with Crippen molar-refractivity contribution in [2.24, 2.45) is 5.92 Å². The van der Waals surface area contributed by atoms with Crippen molar-refractivity contribution in [3.05, 3.63) is 29.0 Å². The molecule has 3 aliphatic carbocycles. The van der Waals surface area contributed by atoms with Gasteiger partial charge in [-0.3, -0.25) is 14.9 Å². The fraction of sp³-hybridized carbons (Fsp3) is 0.636. The smallest absolute Gasteiger partial charge is 0.258 e. The Hall–Kier alpha value is -1.98. The van der Waals surface area contributed by atoms with Gasteiger partial charge in [-0.2, -0.15) is 0 Å². The number of hydrogen-bond acceptors (Lipinski definition) is 7. The number of nitrogens with one attached hydrogen (secondary N) is 5.